The summed E-state index contributed by atoms with van der Waals surface area (Å²) in [5.41, 5.74) is -2.68. The van der Waals surface area contributed by atoms with E-state index in [-0.39, 0.29) is 35.1 Å². The molecule has 0 aromatic carbocycles. The van der Waals surface area contributed by atoms with Crippen LogP contribution >= 0.6 is 0 Å². The van der Waals surface area contributed by atoms with Crippen LogP contribution < -0.4 is 0 Å². The van der Waals surface area contributed by atoms with E-state index < -0.39 is 17.2 Å². The van der Waals surface area contributed by atoms with E-state index in [0.717, 1.165) is 32.1 Å². The summed E-state index contributed by atoms with van der Waals surface area (Å²) in [5.74, 6) is 6.94. The lowest BCUT2D eigenvalue weighted by molar-refractivity contribution is -0.214. The Morgan fingerprint density at radius 1 is 1.13 bits per heavy atom. The molecular weight excluding hydrogens is 392 g/mol. The van der Waals surface area contributed by atoms with Crippen molar-refractivity contribution < 1.29 is 24.5 Å². The topological polar surface area (TPSA) is 83.8 Å². The van der Waals surface area contributed by atoms with E-state index in [4.69, 9.17) is 4.74 Å². The highest BCUT2D eigenvalue weighted by Crippen LogP contribution is 2.77. The Hall–Kier alpha value is -1.38. The van der Waals surface area contributed by atoms with Crippen molar-refractivity contribution >= 4 is 11.8 Å². The summed E-state index contributed by atoms with van der Waals surface area (Å²) in [6.07, 6.45) is 5.32. The molecule has 5 aliphatic carbocycles. The van der Waals surface area contributed by atoms with Gasteiger partial charge in [0.05, 0.1) is 12.2 Å². The molecule has 0 aromatic heterocycles. The predicted molar refractivity (Wildman–Crippen MR) is 114 cm³/mol. The van der Waals surface area contributed by atoms with Crippen LogP contribution in [0.15, 0.2) is 0 Å². The van der Waals surface area contributed by atoms with E-state index in [2.05, 4.69) is 32.6 Å². The maximum absolute atomic E-state index is 12.3. The van der Waals surface area contributed by atoms with Gasteiger partial charge in [-0.05, 0) is 74.5 Å². The van der Waals surface area contributed by atoms with E-state index in [0.29, 0.717) is 36.5 Å². The Morgan fingerprint density at radius 2 is 1.87 bits per heavy atom. The van der Waals surface area contributed by atoms with Crippen molar-refractivity contribution in [2.24, 2.45) is 46.3 Å². The zero-order chi connectivity index (χ0) is 22.4. The number of ether oxygens (including phenoxy) is 1. The zero-order valence-corrected chi connectivity index (χ0v) is 19.2. The van der Waals surface area contributed by atoms with Crippen molar-refractivity contribution in [1.82, 2.24) is 0 Å². The molecule has 0 spiro atoms. The number of carbonyl (C=O) groups is 2. The molecule has 0 bridgehead atoms. The molecule has 0 aromatic rings. The minimum Gasteiger partial charge on any atom is -0.456 e. The maximum atomic E-state index is 12.3. The van der Waals surface area contributed by atoms with Crippen molar-refractivity contribution in [3.8, 4) is 11.8 Å². The number of hydrogen-bond acceptors (Lipinski definition) is 5. The average Bonchev–Trinajstić information content (AvgIpc) is 3.48. The predicted octanol–water partition coefficient (Wildman–Crippen LogP) is 3.11. The van der Waals surface area contributed by atoms with Crippen LogP contribution in [-0.2, 0) is 14.3 Å². The zero-order valence-electron chi connectivity index (χ0n) is 19.2. The Balaban J connectivity index is 1.50. The summed E-state index contributed by atoms with van der Waals surface area (Å²) in [6, 6.07) is 0. The molecule has 5 fully saturated rings. The van der Waals surface area contributed by atoms with Gasteiger partial charge in [0.25, 0.3) is 0 Å². The Labute approximate surface area is 185 Å². The third kappa shape index (κ3) is 2.58. The van der Waals surface area contributed by atoms with E-state index in [1.165, 1.54) is 0 Å². The van der Waals surface area contributed by atoms with Gasteiger partial charge in [0, 0.05) is 29.6 Å². The van der Waals surface area contributed by atoms with Crippen LogP contribution in [0, 0.1) is 58.2 Å². The van der Waals surface area contributed by atoms with E-state index in [1.54, 1.807) is 6.92 Å². The van der Waals surface area contributed by atoms with E-state index >= 15 is 0 Å². The number of hydrogen-bond donors (Lipinski definition) is 2. The second kappa shape index (κ2) is 6.58. The van der Waals surface area contributed by atoms with E-state index in [1.807, 2.05) is 0 Å². The SMILES string of the molecule is CCOC(=O)C#C[C@]1(O)[C@@H](C)CC2C3C(CC[C@@]21C)[C@@]1(C)CCC(=O)C[C@@]1(O)[C@@H]1C[C@H]31. The molecule has 0 aliphatic heterocycles. The van der Waals surface area contributed by atoms with Crippen molar-refractivity contribution in [1.29, 1.82) is 0 Å². The quantitative estimate of drug-likeness (QED) is 0.381. The van der Waals surface area contributed by atoms with Crippen LogP contribution in [0.4, 0.5) is 0 Å². The Kier molecular flexibility index (Phi) is 4.55. The van der Waals surface area contributed by atoms with Gasteiger partial charge in [-0.1, -0.05) is 26.7 Å². The highest BCUT2D eigenvalue weighted by atomic mass is 16.5. The molecule has 0 amide bonds. The standard InChI is InChI=1S/C26H36O5/c1-5-31-21(28)8-11-25(29)15(2)12-20-22-17-13-19(17)26(30)14-16(27)6-9-23(26,3)18(22)7-10-24(20,25)4/h15,17-20,22,29-30H,5-7,9-10,12-14H2,1-4H3/t15-,17-,18?,19+,20?,22?,23+,24-,25-,26+/m0/s1. The summed E-state index contributed by atoms with van der Waals surface area (Å²) < 4.78 is 4.97. The molecule has 170 valence electrons. The summed E-state index contributed by atoms with van der Waals surface area (Å²) >= 11 is 0. The Morgan fingerprint density at radius 3 is 2.58 bits per heavy atom. The van der Waals surface area contributed by atoms with Crippen LogP contribution in [0.3, 0.4) is 0 Å². The number of Topliss-reactive ketones (excluding diaryl/α,β-unsaturated/α-hetero) is 1. The highest BCUT2D eigenvalue weighted by molar-refractivity contribution is 5.88. The molecule has 3 unspecified atom stereocenters. The molecule has 5 heteroatoms. The smallest absolute Gasteiger partial charge is 0.384 e. The first-order valence-corrected chi connectivity index (χ1v) is 12.2. The maximum Gasteiger partial charge on any atom is 0.384 e. The summed E-state index contributed by atoms with van der Waals surface area (Å²) in [6.45, 7) is 8.49. The fraction of sp³-hybridized carbons (Fsp3) is 0.846. The fourth-order valence-corrected chi connectivity index (χ4v) is 8.92. The largest absolute Gasteiger partial charge is 0.456 e. The van der Waals surface area contributed by atoms with Crippen LogP contribution in [0.2, 0.25) is 0 Å². The number of rotatable bonds is 1. The summed E-state index contributed by atoms with van der Waals surface area (Å²) in [5, 5.41) is 23.6. The number of fused-ring (bicyclic) bond motifs is 8. The highest BCUT2D eigenvalue weighted by Gasteiger charge is 2.76. The van der Waals surface area contributed by atoms with Crippen LogP contribution in [0.5, 0.6) is 0 Å². The van der Waals surface area contributed by atoms with Crippen molar-refractivity contribution in [2.45, 2.75) is 83.8 Å². The van der Waals surface area contributed by atoms with Gasteiger partial charge in [-0.3, -0.25) is 4.79 Å². The lowest BCUT2D eigenvalue weighted by Gasteiger charge is -2.63. The molecule has 5 saturated carbocycles. The van der Waals surface area contributed by atoms with Gasteiger partial charge in [0.15, 0.2) is 0 Å². The van der Waals surface area contributed by atoms with Gasteiger partial charge < -0.3 is 14.9 Å². The van der Waals surface area contributed by atoms with Crippen molar-refractivity contribution in [2.75, 3.05) is 6.61 Å². The van der Waals surface area contributed by atoms with Gasteiger partial charge in [0.1, 0.15) is 11.4 Å². The molecule has 10 atom stereocenters. The molecule has 5 aliphatic rings. The van der Waals surface area contributed by atoms with Crippen LogP contribution in [0.1, 0.15) is 72.6 Å². The third-order valence-electron chi connectivity index (χ3n) is 10.7. The van der Waals surface area contributed by atoms with E-state index in [9.17, 15) is 19.8 Å². The first-order chi connectivity index (χ1) is 14.5. The molecule has 31 heavy (non-hydrogen) atoms. The normalized spacial score (nSPS) is 54.5. The van der Waals surface area contributed by atoms with Crippen LogP contribution in [0.25, 0.3) is 0 Å². The first-order valence-electron chi connectivity index (χ1n) is 12.2. The lowest BCUT2D eigenvalue weighted by atomic mass is 9.43. The number of aliphatic hydroxyl groups is 2. The number of carbonyl (C=O) groups excluding carboxylic acids is 2. The minimum atomic E-state index is -1.21. The van der Waals surface area contributed by atoms with Crippen molar-refractivity contribution in [3.05, 3.63) is 0 Å². The molecular formula is C26H36O5. The minimum absolute atomic E-state index is 0.0260. The summed E-state index contributed by atoms with van der Waals surface area (Å²) in [4.78, 5) is 24.2. The summed E-state index contributed by atoms with van der Waals surface area (Å²) in [7, 11) is 0. The average molecular weight is 429 g/mol. The van der Waals surface area contributed by atoms with Gasteiger partial charge >= 0.3 is 5.97 Å². The molecule has 0 radical (unpaired) electrons. The van der Waals surface area contributed by atoms with Gasteiger partial charge in [-0.25, -0.2) is 4.79 Å². The monoisotopic (exact) mass is 428 g/mol. The van der Waals surface area contributed by atoms with Gasteiger partial charge in [0.2, 0.25) is 0 Å². The number of esters is 1. The molecule has 5 nitrogen and oxygen atoms in total. The van der Waals surface area contributed by atoms with Gasteiger partial charge in [-0.2, -0.15) is 0 Å². The van der Waals surface area contributed by atoms with Gasteiger partial charge in [-0.15, -0.1) is 0 Å². The second-order valence-corrected chi connectivity index (χ2v) is 11.7. The lowest BCUT2D eigenvalue weighted by Crippen LogP contribution is -2.64. The molecule has 5 rings (SSSR count). The number of ketones is 1. The Bertz CT molecular complexity index is 886. The molecule has 0 saturated heterocycles. The second-order valence-electron chi connectivity index (χ2n) is 11.7. The molecule has 0 heterocycles. The third-order valence-corrected chi connectivity index (χ3v) is 10.7. The molecule has 2 N–H and O–H groups in total. The first kappa shape index (κ1) is 21.5. The fourth-order valence-electron chi connectivity index (χ4n) is 8.92. The van der Waals surface area contributed by atoms with Crippen molar-refractivity contribution in [3.63, 3.8) is 0 Å². The van der Waals surface area contributed by atoms with Crippen LogP contribution in [-0.4, -0.2) is 39.8 Å².